The highest BCUT2D eigenvalue weighted by Crippen LogP contribution is 2.23. The van der Waals surface area contributed by atoms with Crippen molar-refractivity contribution in [3.63, 3.8) is 0 Å². The van der Waals surface area contributed by atoms with E-state index in [4.69, 9.17) is 9.84 Å². The molecular weight excluding hydrogens is 228 g/mol. The largest absolute Gasteiger partial charge is 0.456 e. The van der Waals surface area contributed by atoms with Gasteiger partial charge in [-0.1, -0.05) is 13.8 Å². The minimum Gasteiger partial charge on any atom is -0.456 e. The first-order valence-corrected chi connectivity index (χ1v) is 5.44. The Kier molecular flexibility index (Phi) is 4.64. The molecule has 0 heterocycles. The SMILES string of the molecule is CC(C)C(=O)OC1C(O)C(CO)=CC(O)C1O. The quantitative estimate of drug-likeness (QED) is 0.359. The van der Waals surface area contributed by atoms with Crippen molar-refractivity contribution >= 4 is 5.97 Å². The van der Waals surface area contributed by atoms with Crippen LogP contribution in [0.5, 0.6) is 0 Å². The normalized spacial score (nSPS) is 33.5. The number of hydrogen-bond donors (Lipinski definition) is 4. The number of rotatable bonds is 3. The second-order valence-corrected chi connectivity index (χ2v) is 4.38. The van der Waals surface area contributed by atoms with Gasteiger partial charge in [-0.15, -0.1) is 0 Å². The maximum Gasteiger partial charge on any atom is 0.308 e. The van der Waals surface area contributed by atoms with Crippen LogP contribution in [0, 0.1) is 5.92 Å². The van der Waals surface area contributed by atoms with Gasteiger partial charge < -0.3 is 25.2 Å². The molecule has 1 rings (SSSR count). The van der Waals surface area contributed by atoms with Gasteiger partial charge in [0.2, 0.25) is 0 Å². The number of aliphatic hydroxyl groups is 4. The van der Waals surface area contributed by atoms with E-state index in [1.54, 1.807) is 13.8 Å². The molecule has 0 spiro atoms. The summed E-state index contributed by atoms with van der Waals surface area (Å²) in [5.41, 5.74) is 0.129. The van der Waals surface area contributed by atoms with Crippen LogP contribution in [0.1, 0.15) is 13.8 Å². The van der Waals surface area contributed by atoms with Crippen LogP contribution in [0.3, 0.4) is 0 Å². The molecular formula is C11H18O6. The molecule has 4 unspecified atom stereocenters. The van der Waals surface area contributed by atoms with E-state index >= 15 is 0 Å². The van der Waals surface area contributed by atoms with Gasteiger partial charge in [0.15, 0.2) is 6.10 Å². The molecule has 98 valence electrons. The van der Waals surface area contributed by atoms with Crippen LogP contribution in [-0.4, -0.2) is 57.4 Å². The number of esters is 1. The number of hydrogen-bond acceptors (Lipinski definition) is 6. The second-order valence-electron chi connectivity index (χ2n) is 4.38. The highest BCUT2D eigenvalue weighted by atomic mass is 16.6. The van der Waals surface area contributed by atoms with E-state index < -0.39 is 42.9 Å². The molecule has 0 amide bonds. The van der Waals surface area contributed by atoms with E-state index in [9.17, 15) is 20.1 Å². The summed E-state index contributed by atoms with van der Waals surface area (Å²) in [6, 6.07) is 0. The van der Waals surface area contributed by atoms with Crippen LogP contribution < -0.4 is 0 Å². The third-order valence-electron chi connectivity index (χ3n) is 2.67. The van der Waals surface area contributed by atoms with Crippen molar-refractivity contribution in [2.75, 3.05) is 6.61 Å². The fourth-order valence-corrected chi connectivity index (χ4v) is 1.56. The van der Waals surface area contributed by atoms with Gasteiger partial charge in [-0.25, -0.2) is 0 Å². The van der Waals surface area contributed by atoms with Gasteiger partial charge in [0.25, 0.3) is 0 Å². The summed E-state index contributed by atoms with van der Waals surface area (Å²) in [6.07, 6.45) is -4.07. The van der Waals surface area contributed by atoms with Crippen molar-refractivity contribution < 1.29 is 30.0 Å². The summed E-state index contributed by atoms with van der Waals surface area (Å²) in [5, 5.41) is 37.9. The molecule has 0 radical (unpaired) electrons. The van der Waals surface area contributed by atoms with Crippen molar-refractivity contribution in [1.29, 1.82) is 0 Å². The van der Waals surface area contributed by atoms with Crippen molar-refractivity contribution in [1.82, 2.24) is 0 Å². The molecule has 4 N–H and O–H groups in total. The van der Waals surface area contributed by atoms with Gasteiger partial charge in [-0.05, 0) is 11.6 Å². The summed E-state index contributed by atoms with van der Waals surface area (Å²) in [6.45, 7) is 2.76. The van der Waals surface area contributed by atoms with Gasteiger partial charge in [-0.3, -0.25) is 4.79 Å². The smallest absolute Gasteiger partial charge is 0.308 e. The Morgan fingerprint density at radius 2 is 2.00 bits per heavy atom. The topological polar surface area (TPSA) is 107 Å². The average molecular weight is 246 g/mol. The van der Waals surface area contributed by atoms with Crippen LogP contribution in [0.4, 0.5) is 0 Å². The second kappa shape index (κ2) is 5.59. The maximum absolute atomic E-state index is 11.4. The molecule has 0 aromatic carbocycles. The van der Waals surface area contributed by atoms with Crippen LogP contribution in [0.2, 0.25) is 0 Å². The Hall–Kier alpha value is -0.950. The van der Waals surface area contributed by atoms with Crippen molar-refractivity contribution in [3.05, 3.63) is 11.6 Å². The Balaban J connectivity index is 2.84. The van der Waals surface area contributed by atoms with Gasteiger partial charge in [0, 0.05) is 0 Å². The predicted octanol–water partition coefficient (Wildman–Crippen LogP) is -1.43. The first kappa shape index (κ1) is 14.1. The Morgan fingerprint density at radius 3 is 2.47 bits per heavy atom. The molecule has 0 aliphatic heterocycles. The lowest BCUT2D eigenvalue weighted by atomic mass is 9.89. The van der Waals surface area contributed by atoms with E-state index in [0.717, 1.165) is 6.08 Å². The first-order chi connectivity index (χ1) is 7.88. The summed E-state index contributed by atoms with van der Waals surface area (Å²) in [4.78, 5) is 11.4. The molecule has 6 nitrogen and oxygen atoms in total. The number of aliphatic hydroxyl groups excluding tert-OH is 4. The molecule has 0 aromatic rings. The standard InChI is InChI=1S/C11H18O6/c1-5(2)11(16)17-10-8(14)6(4-12)3-7(13)9(10)15/h3,5,7-10,12-15H,4H2,1-2H3. The fraction of sp³-hybridized carbons (Fsp3) is 0.727. The minimum absolute atomic E-state index is 0.129. The van der Waals surface area contributed by atoms with Crippen molar-refractivity contribution in [2.24, 2.45) is 5.92 Å². The van der Waals surface area contributed by atoms with Crippen LogP contribution in [0.25, 0.3) is 0 Å². The summed E-state index contributed by atoms with van der Waals surface area (Å²) in [5.74, 6) is -0.991. The molecule has 1 aliphatic rings. The molecule has 17 heavy (non-hydrogen) atoms. The van der Waals surface area contributed by atoms with Crippen molar-refractivity contribution in [3.8, 4) is 0 Å². The van der Waals surface area contributed by atoms with E-state index in [2.05, 4.69) is 0 Å². The van der Waals surface area contributed by atoms with Crippen LogP contribution in [-0.2, 0) is 9.53 Å². The third-order valence-corrected chi connectivity index (χ3v) is 2.67. The van der Waals surface area contributed by atoms with Crippen LogP contribution >= 0.6 is 0 Å². The van der Waals surface area contributed by atoms with Gasteiger partial charge >= 0.3 is 5.97 Å². The van der Waals surface area contributed by atoms with E-state index in [-0.39, 0.29) is 5.57 Å². The number of carbonyl (C=O) groups excluding carboxylic acids is 1. The summed E-state index contributed by atoms with van der Waals surface area (Å²) in [7, 11) is 0. The van der Waals surface area contributed by atoms with E-state index in [0.29, 0.717) is 0 Å². The molecule has 0 aromatic heterocycles. The Labute approximate surface area is 99.1 Å². The predicted molar refractivity (Wildman–Crippen MR) is 57.9 cm³/mol. The first-order valence-electron chi connectivity index (χ1n) is 5.44. The van der Waals surface area contributed by atoms with E-state index in [1.165, 1.54) is 0 Å². The van der Waals surface area contributed by atoms with Crippen molar-refractivity contribution in [2.45, 2.75) is 38.3 Å². The monoisotopic (exact) mass is 246 g/mol. The third kappa shape index (κ3) is 3.04. The molecule has 6 heteroatoms. The molecule has 0 bridgehead atoms. The maximum atomic E-state index is 11.4. The molecule has 0 fully saturated rings. The lowest BCUT2D eigenvalue weighted by Crippen LogP contribution is -2.51. The van der Waals surface area contributed by atoms with Gasteiger partial charge in [0.1, 0.15) is 18.3 Å². The zero-order valence-corrected chi connectivity index (χ0v) is 9.78. The lowest BCUT2D eigenvalue weighted by Gasteiger charge is -2.34. The number of carbonyl (C=O) groups is 1. The van der Waals surface area contributed by atoms with Crippen LogP contribution in [0.15, 0.2) is 11.6 Å². The lowest BCUT2D eigenvalue weighted by molar-refractivity contribution is -0.173. The summed E-state index contributed by atoms with van der Waals surface area (Å²) < 4.78 is 4.93. The minimum atomic E-state index is -1.40. The molecule has 4 atom stereocenters. The van der Waals surface area contributed by atoms with E-state index in [1.807, 2.05) is 0 Å². The Morgan fingerprint density at radius 1 is 1.41 bits per heavy atom. The number of ether oxygens (including phenoxy) is 1. The molecule has 0 saturated heterocycles. The summed E-state index contributed by atoms with van der Waals surface area (Å²) >= 11 is 0. The average Bonchev–Trinajstić information content (AvgIpc) is 2.28. The zero-order valence-electron chi connectivity index (χ0n) is 9.78. The highest BCUT2D eigenvalue weighted by molar-refractivity contribution is 5.71. The Bertz CT molecular complexity index is 311. The van der Waals surface area contributed by atoms with Gasteiger partial charge in [0.05, 0.1) is 12.5 Å². The zero-order chi connectivity index (χ0) is 13.2. The molecule has 0 saturated carbocycles. The van der Waals surface area contributed by atoms with Gasteiger partial charge in [-0.2, -0.15) is 0 Å². The highest BCUT2D eigenvalue weighted by Gasteiger charge is 2.40. The molecule has 1 aliphatic carbocycles. The fourth-order valence-electron chi connectivity index (χ4n) is 1.56.